The van der Waals surface area contributed by atoms with Crippen LogP contribution in [0.2, 0.25) is 0 Å². The fourth-order valence-electron chi connectivity index (χ4n) is 3.76. The molecule has 0 radical (unpaired) electrons. The Morgan fingerprint density at radius 1 is 0.964 bits per heavy atom. The zero-order chi connectivity index (χ0) is 19.8. The van der Waals surface area contributed by atoms with Gasteiger partial charge in [-0.15, -0.1) is 0 Å². The molecule has 5 nitrogen and oxygen atoms in total. The van der Waals surface area contributed by atoms with Crippen molar-refractivity contribution in [1.82, 2.24) is 4.90 Å². The van der Waals surface area contributed by atoms with Crippen LogP contribution < -0.4 is 9.64 Å². The van der Waals surface area contributed by atoms with Gasteiger partial charge < -0.3 is 19.5 Å². The molecule has 0 spiro atoms. The Bertz CT molecular complexity index is 702. The van der Waals surface area contributed by atoms with E-state index in [0.29, 0.717) is 13.2 Å². The molecule has 0 aliphatic carbocycles. The second-order valence-corrected chi connectivity index (χ2v) is 7.25. The Morgan fingerprint density at radius 2 is 1.64 bits per heavy atom. The van der Waals surface area contributed by atoms with Gasteiger partial charge in [-0.05, 0) is 24.1 Å². The number of methoxy groups -OCH3 is 1. The Morgan fingerprint density at radius 3 is 2.32 bits per heavy atom. The van der Waals surface area contributed by atoms with Gasteiger partial charge in [0.15, 0.2) is 0 Å². The predicted molar refractivity (Wildman–Crippen MR) is 113 cm³/mol. The summed E-state index contributed by atoms with van der Waals surface area (Å²) in [7, 11) is 1.71. The molecule has 5 heteroatoms. The number of nitrogens with zero attached hydrogens (tertiary/aromatic N) is 2. The second-order valence-electron chi connectivity index (χ2n) is 7.25. The summed E-state index contributed by atoms with van der Waals surface area (Å²) >= 11 is 0. The quantitative estimate of drug-likeness (QED) is 0.718. The van der Waals surface area contributed by atoms with Gasteiger partial charge in [-0.1, -0.05) is 49.4 Å². The number of piperazine rings is 1. The molecule has 152 valence electrons. The lowest BCUT2D eigenvalue weighted by Crippen LogP contribution is -2.49. The molecular formula is C23H32N2O3. The van der Waals surface area contributed by atoms with E-state index >= 15 is 0 Å². The summed E-state index contributed by atoms with van der Waals surface area (Å²) in [4.78, 5) is 4.66. The van der Waals surface area contributed by atoms with Crippen molar-refractivity contribution in [1.29, 1.82) is 0 Å². The first-order chi connectivity index (χ1) is 13.7. The molecule has 0 saturated carbocycles. The number of rotatable bonds is 9. The minimum atomic E-state index is -0.476. The molecular weight excluding hydrogens is 352 g/mol. The van der Waals surface area contributed by atoms with Crippen molar-refractivity contribution >= 4 is 5.69 Å². The van der Waals surface area contributed by atoms with Crippen LogP contribution in [0.25, 0.3) is 0 Å². The van der Waals surface area contributed by atoms with Gasteiger partial charge in [-0.25, -0.2) is 0 Å². The third kappa shape index (κ3) is 5.47. The van der Waals surface area contributed by atoms with E-state index in [1.54, 1.807) is 7.11 Å². The molecule has 1 heterocycles. The minimum Gasteiger partial charge on any atom is -0.495 e. The highest BCUT2D eigenvalue weighted by Gasteiger charge is 2.22. The van der Waals surface area contributed by atoms with Crippen molar-refractivity contribution in [3.05, 3.63) is 60.2 Å². The number of anilines is 1. The molecule has 0 amide bonds. The van der Waals surface area contributed by atoms with Crippen LogP contribution in [-0.4, -0.2) is 62.6 Å². The van der Waals surface area contributed by atoms with E-state index in [4.69, 9.17) is 9.47 Å². The zero-order valence-electron chi connectivity index (χ0n) is 17.0. The summed E-state index contributed by atoms with van der Waals surface area (Å²) in [5, 5.41) is 10.5. The largest absolute Gasteiger partial charge is 0.495 e. The highest BCUT2D eigenvalue weighted by Crippen LogP contribution is 2.28. The molecule has 1 fully saturated rings. The summed E-state index contributed by atoms with van der Waals surface area (Å²) in [5.41, 5.74) is 2.31. The van der Waals surface area contributed by atoms with Crippen LogP contribution in [0, 0.1) is 0 Å². The number of aliphatic hydroxyl groups excluding tert-OH is 1. The lowest BCUT2D eigenvalue weighted by molar-refractivity contribution is -0.0240. The smallest absolute Gasteiger partial charge is 0.142 e. The van der Waals surface area contributed by atoms with Gasteiger partial charge in [0.1, 0.15) is 5.75 Å². The van der Waals surface area contributed by atoms with Gasteiger partial charge in [-0.3, -0.25) is 4.90 Å². The number of para-hydroxylation sites is 2. The normalized spacial score (nSPS) is 17.3. The molecule has 3 rings (SSSR count). The van der Waals surface area contributed by atoms with E-state index in [1.807, 2.05) is 36.4 Å². The highest BCUT2D eigenvalue weighted by atomic mass is 16.5. The number of hydrogen-bond acceptors (Lipinski definition) is 5. The van der Waals surface area contributed by atoms with Crippen LogP contribution in [0.1, 0.15) is 25.0 Å². The van der Waals surface area contributed by atoms with Gasteiger partial charge in [-0.2, -0.15) is 0 Å². The highest BCUT2D eigenvalue weighted by molar-refractivity contribution is 5.58. The second kappa shape index (κ2) is 10.5. The average Bonchev–Trinajstić information content (AvgIpc) is 2.75. The maximum Gasteiger partial charge on any atom is 0.142 e. The number of ether oxygens (including phenoxy) is 2. The molecule has 1 saturated heterocycles. The molecule has 0 bridgehead atoms. The lowest BCUT2D eigenvalue weighted by Gasteiger charge is -2.37. The maximum absolute atomic E-state index is 10.5. The Hall–Kier alpha value is -2.08. The zero-order valence-corrected chi connectivity index (χ0v) is 17.0. The van der Waals surface area contributed by atoms with E-state index in [2.05, 4.69) is 34.9 Å². The Kier molecular flexibility index (Phi) is 7.71. The lowest BCUT2D eigenvalue weighted by atomic mass is 10.1. The van der Waals surface area contributed by atoms with E-state index in [1.165, 1.54) is 5.56 Å². The third-order valence-electron chi connectivity index (χ3n) is 5.30. The molecule has 1 aliphatic rings. The van der Waals surface area contributed by atoms with Gasteiger partial charge in [0.05, 0.1) is 31.6 Å². The third-order valence-corrected chi connectivity index (χ3v) is 5.30. The van der Waals surface area contributed by atoms with Crippen LogP contribution in [-0.2, 0) is 4.74 Å². The fourth-order valence-corrected chi connectivity index (χ4v) is 3.76. The van der Waals surface area contributed by atoms with E-state index < -0.39 is 6.10 Å². The van der Waals surface area contributed by atoms with Crippen molar-refractivity contribution in [3.63, 3.8) is 0 Å². The molecule has 0 aromatic heterocycles. The Balaban J connectivity index is 1.44. The SMILES string of the molecule is CCC(OCC(O)CN1CCN(c2ccccc2OC)CC1)c1ccccc1. The summed E-state index contributed by atoms with van der Waals surface area (Å²) < 4.78 is 11.5. The first-order valence-corrected chi connectivity index (χ1v) is 10.2. The van der Waals surface area contributed by atoms with Gasteiger partial charge in [0.2, 0.25) is 0 Å². The van der Waals surface area contributed by atoms with Crippen molar-refractivity contribution in [2.45, 2.75) is 25.6 Å². The molecule has 28 heavy (non-hydrogen) atoms. The van der Waals surface area contributed by atoms with Gasteiger partial charge in [0, 0.05) is 32.7 Å². The summed E-state index contributed by atoms with van der Waals surface area (Å²) in [6.07, 6.45) is 0.461. The molecule has 2 atom stereocenters. The van der Waals surface area contributed by atoms with E-state index in [9.17, 15) is 5.11 Å². The van der Waals surface area contributed by atoms with Gasteiger partial charge >= 0.3 is 0 Å². The Labute approximate surface area is 168 Å². The topological polar surface area (TPSA) is 45.2 Å². The number of hydrogen-bond donors (Lipinski definition) is 1. The molecule has 1 N–H and O–H groups in total. The number of aliphatic hydroxyl groups is 1. The summed E-state index contributed by atoms with van der Waals surface area (Å²) in [6, 6.07) is 18.4. The van der Waals surface area contributed by atoms with Crippen molar-refractivity contribution in [3.8, 4) is 5.75 Å². The van der Waals surface area contributed by atoms with Crippen molar-refractivity contribution < 1.29 is 14.6 Å². The number of β-amino-alcohol motifs (C(OH)–C–C–N with tert-alkyl or cyclic N) is 1. The van der Waals surface area contributed by atoms with Crippen LogP contribution in [0.3, 0.4) is 0 Å². The molecule has 2 aromatic carbocycles. The van der Waals surface area contributed by atoms with Crippen LogP contribution in [0.15, 0.2) is 54.6 Å². The summed E-state index contributed by atoms with van der Waals surface area (Å²) in [5.74, 6) is 0.913. The van der Waals surface area contributed by atoms with Crippen molar-refractivity contribution in [2.75, 3.05) is 51.3 Å². The maximum atomic E-state index is 10.5. The first kappa shape index (κ1) is 20.6. The van der Waals surface area contributed by atoms with Crippen LogP contribution in [0.4, 0.5) is 5.69 Å². The first-order valence-electron chi connectivity index (χ1n) is 10.2. The standard InChI is InChI=1S/C23H32N2O3/c1-3-22(19-9-5-4-6-10-19)28-18-20(26)17-24-13-15-25(16-14-24)21-11-7-8-12-23(21)27-2/h4-12,20,22,26H,3,13-18H2,1-2H3. The molecule has 2 unspecified atom stereocenters. The van der Waals surface area contributed by atoms with Crippen LogP contribution >= 0.6 is 0 Å². The summed E-state index contributed by atoms with van der Waals surface area (Å²) in [6.45, 7) is 6.81. The molecule has 2 aromatic rings. The van der Waals surface area contributed by atoms with Crippen LogP contribution in [0.5, 0.6) is 5.75 Å². The van der Waals surface area contributed by atoms with E-state index in [-0.39, 0.29) is 6.10 Å². The minimum absolute atomic E-state index is 0.0400. The monoisotopic (exact) mass is 384 g/mol. The van der Waals surface area contributed by atoms with Crippen molar-refractivity contribution in [2.24, 2.45) is 0 Å². The molecule has 1 aliphatic heterocycles. The predicted octanol–water partition coefficient (Wildman–Crippen LogP) is 3.35. The van der Waals surface area contributed by atoms with E-state index in [0.717, 1.165) is 44.0 Å². The fraction of sp³-hybridized carbons (Fsp3) is 0.478. The van der Waals surface area contributed by atoms with Gasteiger partial charge in [0.25, 0.3) is 0 Å². The average molecular weight is 385 g/mol. The number of benzene rings is 2.